The van der Waals surface area contributed by atoms with Gasteiger partial charge in [0.25, 0.3) is 5.89 Å². The van der Waals surface area contributed by atoms with Crippen LogP contribution in [0.5, 0.6) is 0 Å². The van der Waals surface area contributed by atoms with Gasteiger partial charge in [0.1, 0.15) is 11.7 Å². The Labute approximate surface area is 182 Å². The summed E-state index contributed by atoms with van der Waals surface area (Å²) < 4.78 is 5.68. The fourth-order valence-corrected chi connectivity index (χ4v) is 4.05. The molecule has 0 aliphatic carbocycles. The maximum Gasteiger partial charge on any atom is 0.312 e. The second-order valence-corrected chi connectivity index (χ2v) is 7.47. The molecule has 0 spiro atoms. The highest BCUT2D eigenvalue weighted by Gasteiger charge is 2.37. The Hall–Kier alpha value is -4.40. The van der Waals surface area contributed by atoms with Gasteiger partial charge in [0.05, 0.1) is 23.2 Å². The first-order valence-corrected chi connectivity index (χ1v) is 10.2. The number of nitrogens with one attached hydrogen (secondary N) is 1. The minimum absolute atomic E-state index is 0.0876. The number of fused-ring (bicyclic) bond motifs is 2. The molecule has 32 heavy (non-hydrogen) atoms. The minimum Gasteiger partial charge on any atom is -0.411 e. The molecule has 6 rings (SSSR count). The van der Waals surface area contributed by atoms with Crippen molar-refractivity contribution in [2.24, 2.45) is 0 Å². The second-order valence-electron chi connectivity index (χ2n) is 7.47. The number of imidazole rings is 1. The highest BCUT2D eigenvalue weighted by Crippen LogP contribution is 2.34. The molecule has 1 aliphatic heterocycles. The van der Waals surface area contributed by atoms with Crippen LogP contribution in [0, 0.1) is 0 Å². The van der Waals surface area contributed by atoms with Crippen molar-refractivity contribution in [1.82, 2.24) is 35.0 Å². The zero-order chi connectivity index (χ0) is 21.5. The molecular formula is C23H17N7O2. The minimum atomic E-state index is -0.465. The van der Waals surface area contributed by atoms with Crippen LogP contribution >= 0.6 is 0 Å². The smallest absolute Gasteiger partial charge is 0.312 e. The molecule has 1 aliphatic rings. The number of H-pyrrole nitrogens is 1. The van der Waals surface area contributed by atoms with E-state index in [-0.39, 0.29) is 17.7 Å². The molecule has 0 bridgehead atoms. The van der Waals surface area contributed by atoms with Gasteiger partial charge in [0.15, 0.2) is 0 Å². The lowest BCUT2D eigenvalue weighted by molar-refractivity contribution is 0.0647. The predicted molar refractivity (Wildman–Crippen MR) is 114 cm³/mol. The van der Waals surface area contributed by atoms with Gasteiger partial charge in [-0.1, -0.05) is 30.3 Å². The third-order valence-electron chi connectivity index (χ3n) is 5.58. The molecule has 0 fully saturated rings. The van der Waals surface area contributed by atoms with Crippen LogP contribution in [0.4, 0.5) is 0 Å². The number of hydrogen-bond acceptors (Lipinski definition) is 7. The Balaban J connectivity index is 1.40. The van der Waals surface area contributed by atoms with Crippen LogP contribution in [0.3, 0.4) is 0 Å². The number of pyridine rings is 2. The number of aromatic amines is 1. The van der Waals surface area contributed by atoms with Crippen molar-refractivity contribution in [3.63, 3.8) is 0 Å². The van der Waals surface area contributed by atoms with Crippen LogP contribution in [-0.2, 0) is 6.42 Å². The molecule has 9 nitrogen and oxygen atoms in total. The monoisotopic (exact) mass is 423 g/mol. The molecule has 0 saturated carbocycles. The SMILES string of the molecule is O=C(c1nnc(-c2ccccn2)o1)N1CCc2[nH]cnc2[C@H]1c1ccc2ccccc2n1. The van der Waals surface area contributed by atoms with E-state index < -0.39 is 6.04 Å². The van der Waals surface area contributed by atoms with Gasteiger partial charge in [-0.3, -0.25) is 14.8 Å². The van der Waals surface area contributed by atoms with Gasteiger partial charge in [-0.2, -0.15) is 0 Å². The van der Waals surface area contributed by atoms with Gasteiger partial charge < -0.3 is 14.3 Å². The molecule has 5 aromatic rings. The fourth-order valence-electron chi connectivity index (χ4n) is 4.05. The largest absolute Gasteiger partial charge is 0.411 e. The maximum atomic E-state index is 13.5. The first-order valence-electron chi connectivity index (χ1n) is 10.2. The molecule has 9 heteroatoms. The van der Waals surface area contributed by atoms with E-state index in [0.717, 1.165) is 28.0 Å². The van der Waals surface area contributed by atoms with E-state index in [2.05, 4.69) is 25.1 Å². The third kappa shape index (κ3) is 3.02. The summed E-state index contributed by atoms with van der Waals surface area (Å²) in [4.78, 5) is 31.9. The molecule has 5 heterocycles. The fraction of sp³-hybridized carbons (Fsp3) is 0.130. The summed E-state index contributed by atoms with van der Waals surface area (Å²) in [6.07, 6.45) is 3.93. The van der Waals surface area contributed by atoms with Crippen LogP contribution < -0.4 is 0 Å². The number of amides is 1. The molecule has 1 aromatic carbocycles. The van der Waals surface area contributed by atoms with Crippen LogP contribution in [0.25, 0.3) is 22.5 Å². The molecule has 0 saturated heterocycles. The maximum absolute atomic E-state index is 13.5. The summed E-state index contributed by atoms with van der Waals surface area (Å²) in [5.74, 6) is -0.254. The van der Waals surface area contributed by atoms with E-state index in [4.69, 9.17) is 9.40 Å². The first-order chi connectivity index (χ1) is 15.8. The lowest BCUT2D eigenvalue weighted by Gasteiger charge is -2.33. The molecular weight excluding hydrogens is 406 g/mol. The van der Waals surface area contributed by atoms with Crippen molar-refractivity contribution in [2.45, 2.75) is 12.5 Å². The number of nitrogens with zero attached hydrogens (tertiary/aromatic N) is 6. The highest BCUT2D eigenvalue weighted by atomic mass is 16.4. The molecule has 1 amide bonds. The van der Waals surface area contributed by atoms with E-state index in [1.54, 1.807) is 29.6 Å². The Kier molecular flexibility index (Phi) is 4.24. The van der Waals surface area contributed by atoms with E-state index in [0.29, 0.717) is 18.7 Å². The molecule has 0 unspecified atom stereocenters. The van der Waals surface area contributed by atoms with E-state index in [1.807, 2.05) is 42.5 Å². The average molecular weight is 423 g/mol. The Morgan fingerprint density at radius 2 is 1.94 bits per heavy atom. The van der Waals surface area contributed by atoms with Gasteiger partial charge in [-0.15, -0.1) is 10.2 Å². The van der Waals surface area contributed by atoms with Crippen molar-refractivity contribution in [2.75, 3.05) is 6.54 Å². The highest BCUT2D eigenvalue weighted by molar-refractivity contribution is 5.90. The second kappa shape index (κ2) is 7.38. The van der Waals surface area contributed by atoms with Crippen LogP contribution in [0.1, 0.15) is 33.8 Å². The Morgan fingerprint density at radius 1 is 1.03 bits per heavy atom. The number of carbonyl (C=O) groups is 1. The molecule has 4 aromatic heterocycles. The van der Waals surface area contributed by atoms with Gasteiger partial charge in [-0.25, -0.2) is 4.98 Å². The average Bonchev–Trinajstić information content (AvgIpc) is 3.53. The number of carbonyl (C=O) groups excluding carboxylic acids is 1. The summed E-state index contributed by atoms with van der Waals surface area (Å²) in [5.41, 5.74) is 3.87. The summed E-state index contributed by atoms with van der Waals surface area (Å²) in [6.45, 7) is 0.467. The van der Waals surface area contributed by atoms with E-state index in [1.165, 1.54) is 0 Å². The lowest BCUT2D eigenvalue weighted by Crippen LogP contribution is -2.41. The number of hydrogen-bond donors (Lipinski definition) is 1. The quantitative estimate of drug-likeness (QED) is 0.474. The summed E-state index contributed by atoms with van der Waals surface area (Å²) in [6, 6.07) is 16.7. The molecule has 0 radical (unpaired) electrons. The van der Waals surface area contributed by atoms with Gasteiger partial charge in [0, 0.05) is 30.2 Å². The first kappa shape index (κ1) is 18.4. The zero-order valence-electron chi connectivity index (χ0n) is 16.8. The molecule has 1 N–H and O–H groups in total. The van der Waals surface area contributed by atoms with Gasteiger partial charge >= 0.3 is 11.8 Å². The third-order valence-corrected chi connectivity index (χ3v) is 5.58. The van der Waals surface area contributed by atoms with E-state index >= 15 is 0 Å². The number of para-hydroxylation sites is 1. The Bertz CT molecular complexity index is 1430. The van der Waals surface area contributed by atoms with Gasteiger partial charge in [0.2, 0.25) is 0 Å². The molecule has 156 valence electrons. The summed E-state index contributed by atoms with van der Waals surface area (Å²) >= 11 is 0. The standard InChI is InChI=1S/C23H17N7O2/c31-23(22-29-28-21(32-22)18-7-3-4-11-24-18)30-12-10-16-19(26-13-25-16)20(30)17-9-8-14-5-1-2-6-15(14)27-17/h1-9,11,13,20H,10,12H2,(H,25,26)/t20-/m1/s1. The lowest BCUT2D eigenvalue weighted by atomic mass is 9.98. The number of aromatic nitrogens is 6. The number of rotatable bonds is 3. The van der Waals surface area contributed by atoms with Crippen LogP contribution in [0.15, 0.2) is 71.5 Å². The van der Waals surface area contributed by atoms with Crippen molar-refractivity contribution < 1.29 is 9.21 Å². The van der Waals surface area contributed by atoms with Crippen LogP contribution in [0.2, 0.25) is 0 Å². The van der Waals surface area contributed by atoms with Crippen molar-refractivity contribution in [1.29, 1.82) is 0 Å². The van der Waals surface area contributed by atoms with Crippen molar-refractivity contribution in [3.05, 3.63) is 90.1 Å². The van der Waals surface area contributed by atoms with Gasteiger partial charge in [-0.05, 0) is 24.3 Å². The molecule has 1 atom stereocenters. The summed E-state index contributed by atoms with van der Waals surface area (Å²) in [5, 5.41) is 9.04. The van der Waals surface area contributed by atoms with E-state index in [9.17, 15) is 4.79 Å². The van der Waals surface area contributed by atoms with Crippen LogP contribution in [-0.4, -0.2) is 47.5 Å². The predicted octanol–water partition coefficient (Wildman–Crippen LogP) is 3.19. The summed E-state index contributed by atoms with van der Waals surface area (Å²) in [7, 11) is 0. The van der Waals surface area contributed by atoms with Crippen molar-refractivity contribution >= 4 is 16.8 Å². The topological polar surface area (TPSA) is 114 Å². The Morgan fingerprint density at radius 3 is 2.84 bits per heavy atom. The normalized spacial score (nSPS) is 15.6. The van der Waals surface area contributed by atoms with Crippen molar-refractivity contribution in [3.8, 4) is 11.6 Å². The number of benzene rings is 1. The zero-order valence-corrected chi connectivity index (χ0v) is 16.8.